The lowest BCUT2D eigenvalue weighted by atomic mass is 10.1. The highest BCUT2D eigenvalue weighted by Gasteiger charge is 2.24. The van der Waals surface area contributed by atoms with E-state index in [2.05, 4.69) is 4.99 Å². The van der Waals surface area contributed by atoms with E-state index in [-0.39, 0.29) is 6.04 Å². The van der Waals surface area contributed by atoms with Gasteiger partial charge >= 0.3 is 0 Å². The van der Waals surface area contributed by atoms with Crippen LogP contribution in [-0.2, 0) is 4.74 Å². The van der Waals surface area contributed by atoms with E-state index in [1.807, 2.05) is 60.7 Å². The summed E-state index contributed by atoms with van der Waals surface area (Å²) in [6.45, 7) is 0.526. The number of aliphatic imine (C=N–C) groups is 1. The van der Waals surface area contributed by atoms with Crippen LogP contribution in [0.25, 0.3) is 0 Å². The van der Waals surface area contributed by atoms with E-state index in [1.165, 1.54) is 0 Å². The average Bonchev–Trinajstić information content (AvgIpc) is 2.98. The van der Waals surface area contributed by atoms with Crippen LogP contribution in [0.5, 0.6) is 0 Å². The molecule has 19 heavy (non-hydrogen) atoms. The molecular weight excluding hydrogens is 254 g/mol. The van der Waals surface area contributed by atoms with Crippen LogP contribution in [0.4, 0.5) is 0 Å². The molecule has 2 nitrogen and oxygen atoms in total. The summed E-state index contributed by atoms with van der Waals surface area (Å²) < 4.78 is 5.66. The molecule has 1 aliphatic rings. The normalized spacial score (nSPS) is 17.7. The zero-order valence-corrected chi connectivity index (χ0v) is 11.1. The molecule has 2 aromatic carbocycles. The van der Waals surface area contributed by atoms with Crippen LogP contribution in [0, 0.1) is 0 Å². The monoisotopic (exact) mass is 267 g/mol. The molecule has 1 heterocycles. The summed E-state index contributed by atoms with van der Waals surface area (Å²) in [4.78, 5) is 5.43. The molecule has 0 radical (unpaired) electrons. The molecule has 1 unspecified atom stereocenters. The van der Waals surface area contributed by atoms with Crippen LogP contribution in [0.1, 0.15) is 11.1 Å². The first kappa shape index (κ1) is 12.1. The summed E-state index contributed by atoms with van der Waals surface area (Å²) in [5.74, 6) is 0.684. The van der Waals surface area contributed by atoms with Crippen molar-refractivity contribution in [2.45, 2.75) is 6.04 Å². The topological polar surface area (TPSA) is 21.6 Å². The van der Waals surface area contributed by atoms with Crippen molar-refractivity contribution in [3.63, 3.8) is 0 Å². The van der Waals surface area contributed by atoms with E-state index >= 15 is 0 Å². The summed E-state index contributed by atoms with van der Waals surface area (Å²) >= 11 is 5.50. The largest absolute Gasteiger partial charge is 0.475 e. The number of thiocarbonyl (C=S) groups is 1. The Morgan fingerprint density at radius 3 is 2.32 bits per heavy atom. The number of rotatable bonds is 3. The maximum atomic E-state index is 5.66. The van der Waals surface area contributed by atoms with Crippen LogP contribution in [0.2, 0.25) is 0 Å². The lowest BCUT2D eigenvalue weighted by Gasteiger charge is -2.06. The molecule has 0 amide bonds. The smallest absolute Gasteiger partial charge is 0.216 e. The molecule has 0 bridgehead atoms. The molecule has 0 fully saturated rings. The van der Waals surface area contributed by atoms with Crippen molar-refractivity contribution in [2.75, 3.05) is 6.61 Å². The van der Waals surface area contributed by atoms with Crippen LogP contribution < -0.4 is 0 Å². The minimum Gasteiger partial charge on any atom is -0.475 e. The Kier molecular flexibility index (Phi) is 3.38. The van der Waals surface area contributed by atoms with E-state index in [0.717, 1.165) is 16.0 Å². The van der Waals surface area contributed by atoms with Gasteiger partial charge in [-0.15, -0.1) is 0 Å². The maximum Gasteiger partial charge on any atom is 0.216 e. The third-order valence-electron chi connectivity index (χ3n) is 3.03. The predicted molar refractivity (Wildman–Crippen MR) is 80.9 cm³/mol. The Hall–Kier alpha value is -2.00. The molecule has 1 aliphatic heterocycles. The zero-order chi connectivity index (χ0) is 13.1. The molecule has 1 atom stereocenters. The summed E-state index contributed by atoms with van der Waals surface area (Å²) in [5, 5.41) is 0. The molecule has 94 valence electrons. The second-order valence-corrected chi connectivity index (χ2v) is 4.80. The van der Waals surface area contributed by atoms with Gasteiger partial charge in [0.05, 0.1) is 4.86 Å². The predicted octanol–water partition coefficient (Wildman–Crippen LogP) is 3.25. The van der Waals surface area contributed by atoms with Gasteiger partial charge in [-0.3, -0.25) is 0 Å². The lowest BCUT2D eigenvalue weighted by molar-refractivity contribution is 0.337. The van der Waals surface area contributed by atoms with Gasteiger partial charge < -0.3 is 4.74 Å². The fourth-order valence-electron chi connectivity index (χ4n) is 2.04. The molecule has 0 saturated carbocycles. The Morgan fingerprint density at radius 1 is 1.00 bits per heavy atom. The summed E-state index contributed by atoms with van der Waals surface area (Å²) in [6.07, 6.45) is 0. The van der Waals surface area contributed by atoms with Crippen molar-refractivity contribution < 1.29 is 4.74 Å². The second-order valence-electron chi connectivity index (χ2n) is 4.36. The number of benzene rings is 2. The maximum absolute atomic E-state index is 5.66. The van der Waals surface area contributed by atoms with E-state index in [1.54, 1.807) is 0 Å². The first-order valence-electron chi connectivity index (χ1n) is 6.20. The fourth-order valence-corrected chi connectivity index (χ4v) is 2.30. The third-order valence-corrected chi connectivity index (χ3v) is 3.54. The number of nitrogens with zero attached hydrogens (tertiary/aromatic N) is 1. The third kappa shape index (κ3) is 2.56. The van der Waals surface area contributed by atoms with Crippen molar-refractivity contribution in [1.29, 1.82) is 0 Å². The molecule has 0 aliphatic carbocycles. The SMILES string of the molecule is S=C(c1ccccc1)C1COC(c2ccccc2)=N1. The molecule has 0 aromatic heterocycles. The Morgan fingerprint density at radius 2 is 1.63 bits per heavy atom. The Balaban J connectivity index is 1.82. The van der Waals surface area contributed by atoms with Gasteiger partial charge in [0, 0.05) is 5.56 Å². The van der Waals surface area contributed by atoms with Crippen molar-refractivity contribution in [3.05, 3.63) is 71.8 Å². The summed E-state index contributed by atoms with van der Waals surface area (Å²) in [7, 11) is 0. The van der Waals surface area contributed by atoms with Crippen LogP contribution in [0.3, 0.4) is 0 Å². The molecule has 3 heteroatoms. The van der Waals surface area contributed by atoms with Gasteiger partial charge in [-0.05, 0) is 17.7 Å². The van der Waals surface area contributed by atoms with Crippen molar-refractivity contribution >= 4 is 23.0 Å². The lowest BCUT2D eigenvalue weighted by Crippen LogP contribution is -2.18. The highest BCUT2D eigenvalue weighted by atomic mass is 32.1. The van der Waals surface area contributed by atoms with E-state index in [9.17, 15) is 0 Å². The standard InChI is InChI=1S/C16H13NOS/c19-15(12-7-3-1-4-8-12)14-11-18-16(17-14)13-9-5-2-6-10-13/h1-10,14H,11H2. The summed E-state index contributed by atoms with van der Waals surface area (Å²) in [6, 6.07) is 19.8. The van der Waals surface area contributed by atoms with Crippen molar-refractivity contribution in [1.82, 2.24) is 0 Å². The molecule has 0 N–H and O–H groups in total. The molecule has 0 spiro atoms. The molecule has 3 rings (SSSR count). The quantitative estimate of drug-likeness (QED) is 0.629. The van der Waals surface area contributed by atoms with Crippen LogP contribution >= 0.6 is 12.2 Å². The minimum atomic E-state index is -0.0624. The van der Waals surface area contributed by atoms with Gasteiger partial charge in [0.2, 0.25) is 5.90 Å². The summed E-state index contributed by atoms with van der Waals surface area (Å²) in [5.41, 5.74) is 2.05. The first-order chi connectivity index (χ1) is 9.34. The Labute approximate surface area is 117 Å². The van der Waals surface area contributed by atoms with Gasteiger partial charge in [-0.1, -0.05) is 60.7 Å². The number of hydrogen-bond donors (Lipinski definition) is 0. The van der Waals surface area contributed by atoms with E-state index in [0.29, 0.717) is 12.5 Å². The number of ether oxygens (including phenoxy) is 1. The Bertz CT molecular complexity index is 607. The highest BCUT2D eigenvalue weighted by Crippen LogP contribution is 2.16. The minimum absolute atomic E-state index is 0.0624. The average molecular weight is 267 g/mol. The van der Waals surface area contributed by atoms with E-state index in [4.69, 9.17) is 17.0 Å². The zero-order valence-electron chi connectivity index (χ0n) is 10.3. The second kappa shape index (κ2) is 5.33. The van der Waals surface area contributed by atoms with Crippen molar-refractivity contribution in [2.24, 2.45) is 4.99 Å². The van der Waals surface area contributed by atoms with E-state index < -0.39 is 0 Å². The van der Waals surface area contributed by atoms with Gasteiger partial charge in [-0.25, -0.2) is 4.99 Å². The highest BCUT2D eigenvalue weighted by molar-refractivity contribution is 7.81. The van der Waals surface area contributed by atoms with Crippen LogP contribution in [0.15, 0.2) is 65.7 Å². The van der Waals surface area contributed by atoms with Crippen molar-refractivity contribution in [3.8, 4) is 0 Å². The molecule has 2 aromatic rings. The first-order valence-corrected chi connectivity index (χ1v) is 6.61. The fraction of sp³-hybridized carbons (Fsp3) is 0.125. The van der Waals surface area contributed by atoms with Crippen LogP contribution in [-0.4, -0.2) is 23.4 Å². The van der Waals surface area contributed by atoms with Gasteiger partial charge in [0.25, 0.3) is 0 Å². The van der Waals surface area contributed by atoms with Gasteiger partial charge in [-0.2, -0.15) is 0 Å². The van der Waals surface area contributed by atoms with Gasteiger partial charge in [0.15, 0.2) is 0 Å². The van der Waals surface area contributed by atoms with Gasteiger partial charge in [0.1, 0.15) is 12.6 Å². The molecule has 0 saturated heterocycles. The number of hydrogen-bond acceptors (Lipinski definition) is 3. The molecular formula is C16H13NOS.